The van der Waals surface area contributed by atoms with E-state index in [9.17, 15) is 0 Å². The summed E-state index contributed by atoms with van der Waals surface area (Å²) in [5.74, 6) is 0.842. The summed E-state index contributed by atoms with van der Waals surface area (Å²) < 4.78 is 5.46. The van der Waals surface area contributed by atoms with Crippen LogP contribution < -0.4 is 4.90 Å². The number of aryl methyl sites for hydroxylation is 2. The van der Waals surface area contributed by atoms with Crippen LogP contribution in [0.2, 0.25) is 5.02 Å². The largest absolute Gasteiger partial charge is 0.361 e. The van der Waals surface area contributed by atoms with E-state index >= 15 is 0 Å². The number of aromatic nitrogens is 1. The molecule has 1 aliphatic carbocycles. The molecule has 2 fully saturated rings. The fourth-order valence-corrected chi connectivity index (χ4v) is 6.29. The topological polar surface area (TPSA) is 51.4 Å². The summed E-state index contributed by atoms with van der Waals surface area (Å²) in [6.45, 7) is 10.3. The van der Waals surface area contributed by atoms with Crippen LogP contribution in [0.3, 0.4) is 0 Å². The molecule has 200 valence electrons. The third kappa shape index (κ3) is 4.66. The fraction of sp³-hybridized carbons (Fsp3) is 0.467. The maximum atomic E-state index is 6.50. The molecule has 2 aromatic carbocycles. The molecule has 6 rings (SSSR count). The van der Waals surface area contributed by atoms with E-state index in [4.69, 9.17) is 21.1 Å². The molecule has 8 heteroatoms. The molecule has 1 atom stereocenters. The Balaban J connectivity index is 1.35. The molecule has 1 aromatic heterocycles. The van der Waals surface area contributed by atoms with Crippen molar-refractivity contribution in [2.75, 3.05) is 58.3 Å². The van der Waals surface area contributed by atoms with Gasteiger partial charge in [-0.2, -0.15) is 0 Å². The van der Waals surface area contributed by atoms with Gasteiger partial charge < -0.3 is 14.3 Å². The van der Waals surface area contributed by atoms with Gasteiger partial charge in [0.05, 0.1) is 11.2 Å². The van der Waals surface area contributed by atoms with Gasteiger partial charge in [-0.15, -0.1) is 0 Å². The van der Waals surface area contributed by atoms with E-state index in [-0.39, 0.29) is 11.8 Å². The first-order valence-electron chi connectivity index (χ1n) is 13.6. The number of halogens is 1. The summed E-state index contributed by atoms with van der Waals surface area (Å²) in [5.41, 5.74) is 6.64. The number of hydrogen-bond donors (Lipinski definition) is 0. The number of rotatable bonds is 7. The summed E-state index contributed by atoms with van der Waals surface area (Å²) in [7, 11) is 4.29. The molecular formula is C30H37ClN6O. The third-order valence-electron chi connectivity index (χ3n) is 8.33. The molecule has 1 unspecified atom stereocenters. The lowest BCUT2D eigenvalue weighted by atomic mass is 9.96. The standard InChI is InChI=1S/C30H37ClN6O/c1-21-28(22(2)38-33-21)23-8-9-27-24(18-23)20-32-29(36-16-14-35(15-17-36)13-12-34(3)4)37(27)30(10-11-30)25-6-5-7-26(31)19-25/h5-9,18-20,29H,10-17H2,1-4H3. The second-order valence-corrected chi connectivity index (χ2v) is 11.6. The number of aliphatic imine (C=N–C) groups is 1. The highest BCUT2D eigenvalue weighted by molar-refractivity contribution is 6.30. The van der Waals surface area contributed by atoms with Crippen LogP contribution >= 0.6 is 11.6 Å². The Morgan fingerprint density at radius 2 is 1.84 bits per heavy atom. The number of fused-ring (bicyclic) bond motifs is 1. The molecule has 7 nitrogen and oxygen atoms in total. The van der Waals surface area contributed by atoms with Gasteiger partial charge in [-0.1, -0.05) is 35.0 Å². The predicted molar refractivity (Wildman–Crippen MR) is 154 cm³/mol. The average Bonchev–Trinajstić information content (AvgIpc) is 3.65. The first-order chi connectivity index (χ1) is 18.4. The highest BCUT2D eigenvalue weighted by Gasteiger charge is 2.54. The molecule has 0 amide bonds. The van der Waals surface area contributed by atoms with Gasteiger partial charge in [0.15, 0.2) is 6.29 Å². The van der Waals surface area contributed by atoms with Crippen molar-refractivity contribution < 1.29 is 4.52 Å². The van der Waals surface area contributed by atoms with E-state index < -0.39 is 0 Å². The highest BCUT2D eigenvalue weighted by Crippen LogP contribution is 2.55. The van der Waals surface area contributed by atoms with Crippen LogP contribution in [0, 0.1) is 13.8 Å². The Morgan fingerprint density at radius 3 is 2.50 bits per heavy atom. The number of nitrogens with zero attached hydrogens (tertiary/aromatic N) is 6. The zero-order valence-corrected chi connectivity index (χ0v) is 23.6. The summed E-state index contributed by atoms with van der Waals surface area (Å²) in [5, 5.41) is 4.96. The molecule has 0 bridgehead atoms. The van der Waals surface area contributed by atoms with Crippen molar-refractivity contribution in [2.24, 2.45) is 4.99 Å². The fourth-order valence-electron chi connectivity index (χ4n) is 6.10. The Labute approximate surface area is 230 Å². The number of benzene rings is 2. The SMILES string of the molecule is Cc1noc(C)c1-c1ccc2c(c1)C=NC(N1CCN(CCN(C)C)CC1)N2C1(c2cccc(Cl)c2)CC1. The monoisotopic (exact) mass is 532 g/mol. The lowest BCUT2D eigenvalue weighted by molar-refractivity contribution is 0.0875. The van der Waals surface area contributed by atoms with Crippen LogP contribution in [-0.4, -0.2) is 85.7 Å². The van der Waals surface area contributed by atoms with Gasteiger partial charge in [0.2, 0.25) is 0 Å². The Hall–Kier alpha value is -2.71. The van der Waals surface area contributed by atoms with E-state index in [1.165, 1.54) is 11.3 Å². The molecule has 1 saturated heterocycles. The smallest absolute Gasteiger partial charge is 0.179 e. The van der Waals surface area contributed by atoms with E-state index in [1.807, 2.05) is 19.9 Å². The van der Waals surface area contributed by atoms with Crippen molar-refractivity contribution >= 4 is 23.5 Å². The molecule has 0 radical (unpaired) electrons. The third-order valence-corrected chi connectivity index (χ3v) is 8.57. The van der Waals surface area contributed by atoms with Gasteiger partial charge in [-0.05, 0) is 76.2 Å². The Bertz CT molecular complexity index is 1320. The zero-order chi connectivity index (χ0) is 26.4. The van der Waals surface area contributed by atoms with Crippen LogP contribution in [0.25, 0.3) is 11.1 Å². The van der Waals surface area contributed by atoms with Crippen molar-refractivity contribution in [1.29, 1.82) is 0 Å². The first kappa shape index (κ1) is 25.6. The Morgan fingerprint density at radius 1 is 1.05 bits per heavy atom. The quantitative estimate of drug-likeness (QED) is 0.427. The van der Waals surface area contributed by atoms with Crippen molar-refractivity contribution in [3.05, 3.63) is 70.1 Å². The first-order valence-corrected chi connectivity index (χ1v) is 14.0. The number of likely N-dealkylation sites (N-methyl/N-ethyl adjacent to an activating group) is 1. The summed E-state index contributed by atoms with van der Waals surface area (Å²) in [4.78, 5) is 15.2. The van der Waals surface area contributed by atoms with Gasteiger partial charge in [-0.25, -0.2) is 0 Å². The van der Waals surface area contributed by atoms with Crippen molar-refractivity contribution in [2.45, 2.75) is 38.5 Å². The van der Waals surface area contributed by atoms with Gasteiger partial charge in [-0.3, -0.25) is 14.8 Å². The van der Waals surface area contributed by atoms with Crippen LogP contribution in [0.1, 0.15) is 35.4 Å². The van der Waals surface area contributed by atoms with Crippen molar-refractivity contribution in [3.63, 3.8) is 0 Å². The van der Waals surface area contributed by atoms with Crippen LogP contribution in [-0.2, 0) is 5.54 Å². The second kappa shape index (κ2) is 10.1. The lowest BCUT2D eigenvalue weighted by Gasteiger charge is -2.48. The maximum Gasteiger partial charge on any atom is 0.179 e. The molecule has 0 N–H and O–H groups in total. The van der Waals surface area contributed by atoms with E-state index in [1.54, 1.807) is 0 Å². The summed E-state index contributed by atoms with van der Waals surface area (Å²) in [6.07, 6.45) is 4.22. The number of piperazine rings is 1. The minimum atomic E-state index is -0.103. The molecule has 3 heterocycles. The van der Waals surface area contributed by atoms with E-state index in [2.05, 4.69) is 81.5 Å². The minimum Gasteiger partial charge on any atom is -0.361 e. The second-order valence-electron chi connectivity index (χ2n) is 11.2. The molecule has 2 aliphatic heterocycles. The lowest BCUT2D eigenvalue weighted by Crippen LogP contribution is -2.59. The van der Waals surface area contributed by atoms with Crippen LogP contribution in [0.4, 0.5) is 5.69 Å². The number of hydrogen-bond acceptors (Lipinski definition) is 7. The van der Waals surface area contributed by atoms with E-state index in [0.29, 0.717) is 0 Å². The maximum absolute atomic E-state index is 6.50. The van der Waals surface area contributed by atoms with Crippen molar-refractivity contribution in [1.82, 2.24) is 19.9 Å². The van der Waals surface area contributed by atoms with Crippen molar-refractivity contribution in [3.8, 4) is 11.1 Å². The highest BCUT2D eigenvalue weighted by atomic mass is 35.5. The molecule has 38 heavy (non-hydrogen) atoms. The number of anilines is 1. The normalized spacial score (nSPS) is 21.2. The molecular weight excluding hydrogens is 496 g/mol. The molecule has 3 aromatic rings. The van der Waals surface area contributed by atoms with Crippen LogP contribution in [0.15, 0.2) is 52.0 Å². The molecule has 0 spiro atoms. The Kier molecular flexibility index (Phi) is 6.80. The van der Waals surface area contributed by atoms with Gasteiger partial charge in [0, 0.05) is 67.3 Å². The van der Waals surface area contributed by atoms with E-state index in [0.717, 1.165) is 85.3 Å². The van der Waals surface area contributed by atoms with Gasteiger partial charge in [0.1, 0.15) is 5.76 Å². The molecule has 3 aliphatic rings. The average molecular weight is 533 g/mol. The molecule has 1 saturated carbocycles. The zero-order valence-electron chi connectivity index (χ0n) is 22.8. The van der Waals surface area contributed by atoms with Gasteiger partial charge >= 0.3 is 0 Å². The van der Waals surface area contributed by atoms with Gasteiger partial charge in [0.25, 0.3) is 0 Å². The summed E-state index contributed by atoms with van der Waals surface area (Å²) >= 11 is 6.50. The predicted octanol–water partition coefficient (Wildman–Crippen LogP) is 5.00. The van der Waals surface area contributed by atoms with Crippen LogP contribution in [0.5, 0.6) is 0 Å². The minimum absolute atomic E-state index is 0.0371. The summed E-state index contributed by atoms with van der Waals surface area (Å²) in [6, 6.07) is 15.1.